The summed E-state index contributed by atoms with van der Waals surface area (Å²) in [6, 6.07) is 15.4. The van der Waals surface area contributed by atoms with E-state index in [0.29, 0.717) is 35.6 Å². The molecule has 1 aliphatic heterocycles. The summed E-state index contributed by atoms with van der Waals surface area (Å²) in [7, 11) is 2.88. The van der Waals surface area contributed by atoms with Gasteiger partial charge in [0, 0.05) is 29.5 Å². The van der Waals surface area contributed by atoms with Crippen LogP contribution in [0, 0.1) is 0 Å². The zero-order valence-corrected chi connectivity index (χ0v) is 25.0. The summed E-state index contributed by atoms with van der Waals surface area (Å²) in [5.74, 6) is 0.222. The number of esters is 1. The molecule has 4 rings (SSSR count). The molecule has 10 nitrogen and oxygen atoms in total. The fourth-order valence-electron chi connectivity index (χ4n) is 4.94. The molecule has 2 aromatic carbocycles. The molecule has 0 bridgehead atoms. The van der Waals surface area contributed by atoms with Gasteiger partial charge in [0.2, 0.25) is 5.91 Å². The average Bonchev–Trinajstić information content (AvgIpc) is 3.40. The van der Waals surface area contributed by atoms with Crippen molar-refractivity contribution in [1.29, 1.82) is 0 Å². The minimum Gasteiger partial charge on any atom is -0.497 e. The van der Waals surface area contributed by atoms with Crippen LogP contribution in [0.3, 0.4) is 0 Å². The van der Waals surface area contributed by atoms with Gasteiger partial charge in [0.25, 0.3) is 0 Å². The van der Waals surface area contributed by atoms with E-state index in [1.165, 1.54) is 12.0 Å². The lowest BCUT2D eigenvalue weighted by Crippen LogP contribution is -2.51. The van der Waals surface area contributed by atoms with Crippen LogP contribution in [0.15, 0.2) is 54.6 Å². The molecule has 1 unspecified atom stereocenters. The number of methoxy groups -OCH3 is 2. The molecule has 224 valence electrons. The van der Waals surface area contributed by atoms with Crippen LogP contribution in [-0.4, -0.2) is 72.4 Å². The van der Waals surface area contributed by atoms with Crippen molar-refractivity contribution in [3.8, 4) is 22.8 Å². The lowest BCUT2D eigenvalue weighted by atomic mass is 10.1. The second kappa shape index (κ2) is 13.1. The number of carbonyl (C=O) groups excluding carboxylic acids is 3. The van der Waals surface area contributed by atoms with E-state index in [2.05, 4.69) is 5.32 Å². The summed E-state index contributed by atoms with van der Waals surface area (Å²) in [5.41, 5.74) is 1.54. The smallest absolute Gasteiger partial charge is 0.411 e. The Kier molecular flexibility index (Phi) is 9.55. The van der Waals surface area contributed by atoms with E-state index >= 15 is 0 Å². The summed E-state index contributed by atoms with van der Waals surface area (Å²) in [6.07, 6.45) is 0.105. The quantitative estimate of drug-likeness (QED) is 0.348. The first-order valence-corrected chi connectivity index (χ1v) is 14.1. The van der Waals surface area contributed by atoms with Gasteiger partial charge in [-0.15, -0.1) is 0 Å². The van der Waals surface area contributed by atoms with Crippen LogP contribution in [0.4, 0.5) is 4.79 Å². The number of likely N-dealkylation sites (tertiary alicyclic amines) is 1. The molecule has 0 aliphatic carbocycles. The van der Waals surface area contributed by atoms with E-state index in [1.54, 1.807) is 27.9 Å². The van der Waals surface area contributed by atoms with Gasteiger partial charge in [0.1, 0.15) is 35.3 Å². The molecule has 1 aliphatic rings. The zero-order chi connectivity index (χ0) is 30.4. The van der Waals surface area contributed by atoms with E-state index in [0.717, 1.165) is 10.9 Å². The summed E-state index contributed by atoms with van der Waals surface area (Å²) >= 11 is 0. The van der Waals surface area contributed by atoms with Gasteiger partial charge in [0.05, 0.1) is 32.0 Å². The third kappa shape index (κ3) is 7.29. The molecule has 42 heavy (non-hydrogen) atoms. The Morgan fingerprint density at radius 1 is 1.07 bits per heavy atom. The summed E-state index contributed by atoms with van der Waals surface area (Å²) < 4.78 is 22.5. The fraction of sp³-hybridized carbons (Fsp3) is 0.438. The molecule has 3 aromatic rings. The lowest BCUT2D eigenvalue weighted by molar-refractivity contribution is -0.145. The van der Waals surface area contributed by atoms with Gasteiger partial charge < -0.3 is 24.3 Å². The molecular weight excluding hydrogens is 538 g/mol. The van der Waals surface area contributed by atoms with Crippen LogP contribution in [-0.2, 0) is 19.1 Å². The minimum absolute atomic E-state index is 0.115. The van der Waals surface area contributed by atoms with Crippen LogP contribution in [0.25, 0.3) is 22.2 Å². The Bertz CT molecular complexity index is 1420. The SMILES string of the molecule is CCC[C@H](NC(=O)[C@@H]1CC(Oc2cc(-c3ccccc3)nc3cc(OC)ccc23)CN1C(=O)OC(C)(C)C)C(=O)OC. The highest BCUT2D eigenvalue weighted by Crippen LogP contribution is 2.34. The molecule has 1 aromatic heterocycles. The first-order valence-electron chi connectivity index (χ1n) is 14.1. The van der Waals surface area contributed by atoms with Crippen molar-refractivity contribution in [2.24, 2.45) is 0 Å². The maximum absolute atomic E-state index is 13.5. The van der Waals surface area contributed by atoms with Gasteiger partial charge in [-0.2, -0.15) is 0 Å². The number of benzene rings is 2. The molecular formula is C32H39N3O7. The van der Waals surface area contributed by atoms with E-state index in [1.807, 2.05) is 61.5 Å². The number of hydrogen-bond acceptors (Lipinski definition) is 8. The first-order chi connectivity index (χ1) is 20.0. The van der Waals surface area contributed by atoms with E-state index in [4.69, 9.17) is 23.9 Å². The normalized spacial score (nSPS) is 17.4. The second-order valence-corrected chi connectivity index (χ2v) is 11.3. The number of rotatable bonds is 9. The van der Waals surface area contributed by atoms with Gasteiger partial charge in [-0.05, 0) is 39.3 Å². The molecule has 1 N–H and O–H groups in total. The van der Waals surface area contributed by atoms with E-state index in [9.17, 15) is 14.4 Å². The number of carbonyl (C=O) groups is 3. The molecule has 0 spiro atoms. The number of aromatic nitrogens is 1. The Labute approximate surface area is 246 Å². The van der Waals surface area contributed by atoms with Crippen LogP contribution >= 0.6 is 0 Å². The molecule has 1 fully saturated rings. The van der Waals surface area contributed by atoms with Gasteiger partial charge >= 0.3 is 12.1 Å². The number of fused-ring (bicyclic) bond motifs is 1. The Morgan fingerprint density at radius 3 is 2.45 bits per heavy atom. The molecule has 2 amide bonds. The van der Waals surface area contributed by atoms with Crippen LogP contribution in [0.5, 0.6) is 11.5 Å². The summed E-state index contributed by atoms with van der Waals surface area (Å²) in [6.45, 7) is 7.32. The van der Waals surface area contributed by atoms with Gasteiger partial charge in [-0.25, -0.2) is 14.6 Å². The molecule has 3 atom stereocenters. The number of hydrogen-bond donors (Lipinski definition) is 1. The predicted molar refractivity (Wildman–Crippen MR) is 158 cm³/mol. The van der Waals surface area contributed by atoms with Crippen molar-refractivity contribution in [2.75, 3.05) is 20.8 Å². The molecule has 0 radical (unpaired) electrons. The molecule has 2 heterocycles. The van der Waals surface area contributed by atoms with Gasteiger partial charge in [-0.1, -0.05) is 43.7 Å². The number of nitrogens with one attached hydrogen (secondary N) is 1. The molecule has 10 heteroatoms. The highest BCUT2D eigenvalue weighted by atomic mass is 16.6. The standard InChI is InChI=1S/C32H39N3O7/c1-7-11-24(30(37)40-6)34-29(36)27-17-22(19-35(27)31(38)42-32(2,3)4)41-28-18-25(20-12-9-8-10-13-20)33-26-16-21(39-5)14-15-23(26)28/h8-10,12-16,18,22,24,27H,7,11,17,19H2,1-6H3,(H,34,36)/t22?,24-,27-/m0/s1. The van der Waals surface area contributed by atoms with Crippen LogP contribution in [0.1, 0.15) is 47.0 Å². The van der Waals surface area contributed by atoms with Crippen molar-refractivity contribution in [1.82, 2.24) is 15.2 Å². The first kappa shape index (κ1) is 30.6. The minimum atomic E-state index is -0.907. The largest absolute Gasteiger partial charge is 0.497 e. The van der Waals surface area contributed by atoms with Crippen molar-refractivity contribution in [3.63, 3.8) is 0 Å². The third-order valence-electron chi connectivity index (χ3n) is 6.92. The van der Waals surface area contributed by atoms with Crippen molar-refractivity contribution in [3.05, 3.63) is 54.6 Å². The topological polar surface area (TPSA) is 116 Å². The maximum atomic E-state index is 13.5. The number of ether oxygens (including phenoxy) is 4. The number of nitrogens with zero attached hydrogens (tertiary/aromatic N) is 2. The van der Waals surface area contributed by atoms with Crippen LogP contribution < -0.4 is 14.8 Å². The summed E-state index contributed by atoms with van der Waals surface area (Å²) in [5, 5.41) is 3.54. The zero-order valence-electron chi connectivity index (χ0n) is 25.0. The highest BCUT2D eigenvalue weighted by molar-refractivity contribution is 5.91. The maximum Gasteiger partial charge on any atom is 0.411 e. The van der Waals surface area contributed by atoms with E-state index in [-0.39, 0.29) is 13.0 Å². The monoisotopic (exact) mass is 577 g/mol. The molecule has 0 saturated carbocycles. The summed E-state index contributed by atoms with van der Waals surface area (Å²) in [4.78, 5) is 45.3. The average molecular weight is 578 g/mol. The van der Waals surface area contributed by atoms with Crippen molar-refractivity contribution in [2.45, 2.75) is 70.7 Å². The lowest BCUT2D eigenvalue weighted by Gasteiger charge is -2.28. The Morgan fingerprint density at radius 2 is 1.81 bits per heavy atom. The fourth-order valence-corrected chi connectivity index (χ4v) is 4.94. The third-order valence-corrected chi connectivity index (χ3v) is 6.92. The number of amides is 2. The second-order valence-electron chi connectivity index (χ2n) is 11.3. The van der Waals surface area contributed by atoms with Crippen molar-refractivity contribution < 1.29 is 33.3 Å². The highest BCUT2D eigenvalue weighted by Gasteiger charge is 2.43. The Balaban J connectivity index is 1.67. The van der Waals surface area contributed by atoms with E-state index < -0.39 is 41.8 Å². The van der Waals surface area contributed by atoms with Gasteiger partial charge in [0.15, 0.2) is 0 Å². The molecule has 1 saturated heterocycles. The predicted octanol–water partition coefficient (Wildman–Crippen LogP) is 5.13. The van der Waals surface area contributed by atoms with Crippen LogP contribution in [0.2, 0.25) is 0 Å². The van der Waals surface area contributed by atoms with Gasteiger partial charge in [-0.3, -0.25) is 9.69 Å². The Hall–Kier alpha value is -4.34. The van der Waals surface area contributed by atoms with Crippen molar-refractivity contribution >= 4 is 28.9 Å². The number of pyridine rings is 1.